The van der Waals surface area contributed by atoms with Gasteiger partial charge in [-0.3, -0.25) is 9.05 Å². The first kappa shape index (κ1) is 17.4. The van der Waals surface area contributed by atoms with E-state index in [1.165, 1.54) is 0 Å². The molecule has 7 heteroatoms. The highest BCUT2D eigenvalue weighted by Gasteiger charge is 2.43. The van der Waals surface area contributed by atoms with Gasteiger partial charge in [-0.15, -0.1) is 0 Å². The molecule has 0 aliphatic rings. The Balaban J connectivity index is 0. The fraction of sp³-hybridized carbons (Fsp3) is 1.00. The fourth-order valence-electron chi connectivity index (χ4n) is 1.04. The summed E-state index contributed by atoms with van der Waals surface area (Å²) in [6, 6.07) is 0. The molecule has 0 aromatic carbocycles. The first-order chi connectivity index (χ1) is 6.43. The van der Waals surface area contributed by atoms with Gasteiger partial charge in [0.1, 0.15) is 6.54 Å². The smallest absolute Gasteiger partial charge is 0.531 e. The first-order valence-electron chi connectivity index (χ1n) is 4.77. The number of quaternary nitrogens is 1. The summed E-state index contributed by atoms with van der Waals surface area (Å²) in [6.07, 6.45) is 0. The van der Waals surface area contributed by atoms with Crippen molar-refractivity contribution in [3.63, 3.8) is 0 Å². The van der Waals surface area contributed by atoms with E-state index in [2.05, 4.69) is 0 Å². The van der Waals surface area contributed by atoms with Gasteiger partial charge in [0, 0.05) is 0 Å². The average Bonchev–Trinajstić information content (AvgIpc) is 2.04. The lowest BCUT2D eigenvalue weighted by Gasteiger charge is -2.33. The second-order valence-corrected chi connectivity index (χ2v) is 5.91. The molecule has 0 radical (unpaired) electrons. The van der Waals surface area contributed by atoms with E-state index < -0.39 is 7.75 Å². The van der Waals surface area contributed by atoms with Crippen molar-refractivity contribution in [1.82, 2.24) is 0 Å². The van der Waals surface area contributed by atoms with E-state index in [9.17, 15) is 4.57 Å². The van der Waals surface area contributed by atoms with Crippen LogP contribution in [0.2, 0.25) is 0 Å². The Labute approximate surface area is 91.3 Å². The van der Waals surface area contributed by atoms with Gasteiger partial charge in [-0.25, -0.2) is 8.82 Å². The van der Waals surface area contributed by atoms with Crippen molar-refractivity contribution in [3.05, 3.63) is 0 Å². The Kier molecular flexibility index (Phi) is 8.51. The van der Waals surface area contributed by atoms with Crippen molar-refractivity contribution in [3.8, 4) is 0 Å². The molecule has 15 heavy (non-hydrogen) atoms. The molecule has 2 N–H and O–H groups in total. The number of rotatable bonds is 7. The normalized spacial score (nSPS) is 12.3. The molecule has 0 bridgehead atoms. The number of hydrogen-bond donors (Lipinski definition) is 1. The highest BCUT2D eigenvalue weighted by molar-refractivity contribution is 7.47. The van der Waals surface area contributed by atoms with Crippen LogP contribution in [0.1, 0.15) is 13.8 Å². The third kappa shape index (κ3) is 4.59. The van der Waals surface area contributed by atoms with E-state index >= 15 is 0 Å². The highest BCUT2D eigenvalue weighted by Crippen LogP contribution is 2.55. The van der Waals surface area contributed by atoms with Gasteiger partial charge >= 0.3 is 7.75 Å². The van der Waals surface area contributed by atoms with Gasteiger partial charge < -0.3 is 10.6 Å². The van der Waals surface area contributed by atoms with E-state index in [4.69, 9.17) is 14.2 Å². The summed E-state index contributed by atoms with van der Waals surface area (Å²) in [7, 11) is 0.288. The van der Waals surface area contributed by atoms with Crippen LogP contribution in [-0.2, 0) is 13.6 Å². The van der Waals surface area contributed by atoms with Crippen molar-refractivity contribution in [2.24, 2.45) is 0 Å². The maximum absolute atomic E-state index is 12.2. The molecule has 6 nitrogen and oxygen atoms in total. The van der Waals surface area contributed by atoms with Crippen molar-refractivity contribution >= 4 is 7.75 Å². The summed E-state index contributed by atoms with van der Waals surface area (Å²) in [5.74, 6) is 0. The number of aliphatic hydroxyl groups excluding tert-OH is 1. The Morgan fingerprint density at radius 2 is 1.60 bits per heavy atom. The Hall–Kier alpha value is 0.0300. The molecule has 0 aromatic heterocycles. The van der Waals surface area contributed by atoms with Gasteiger partial charge in [0.2, 0.25) is 0 Å². The maximum Gasteiger partial charge on any atom is 0.531 e. The van der Waals surface area contributed by atoms with Gasteiger partial charge in [0.15, 0.2) is 0 Å². The van der Waals surface area contributed by atoms with Crippen molar-refractivity contribution in [2.75, 3.05) is 40.5 Å². The molecule has 0 heterocycles. The lowest BCUT2D eigenvalue weighted by Crippen LogP contribution is -2.39. The highest BCUT2D eigenvalue weighted by atomic mass is 31.2. The molecule has 0 aromatic rings. The van der Waals surface area contributed by atoms with Gasteiger partial charge in [0.25, 0.3) is 0 Å². The third-order valence-electron chi connectivity index (χ3n) is 1.89. The molecule has 0 unspecified atom stereocenters. The summed E-state index contributed by atoms with van der Waals surface area (Å²) < 4.78 is 22.7. The second kappa shape index (κ2) is 7.33. The standard InChI is InChI=1S/C8H21NO4P.H2O/c1-5-12-14(11,13-6-2)9(3,4)7-8-10;/h10H,5-8H2,1-4H3;1H2/q+1;/p-1. The zero-order valence-electron chi connectivity index (χ0n) is 9.84. The SMILES string of the molecule is CCOP(=O)(OCC)[N+](C)(C)CCO.[OH-]. The number of nitrogens with zero attached hydrogens (tertiary/aromatic N) is 1. The molecule has 94 valence electrons. The van der Waals surface area contributed by atoms with E-state index in [0.717, 1.165) is 0 Å². The fourth-order valence-corrected chi connectivity index (χ4v) is 2.73. The van der Waals surface area contributed by atoms with Crippen LogP contribution < -0.4 is 0 Å². The minimum Gasteiger partial charge on any atom is -0.870 e. The zero-order valence-corrected chi connectivity index (χ0v) is 10.7. The van der Waals surface area contributed by atoms with Crippen LogP contribution in [-0.4, -0.2) is 55.3 Å². The van der Waals surface area contributed by atoms with Crippen molar-refractivity contribution in [1.29, 1.82) is 0 Å². The zero-order chi connectivity index (χ0) is 11.2. The Bertz CT molecular complexity index is 199. The summed E-state index contributed by atoms with van der Waals surface area (Å²) in [4.78, 5) is 0. The Morgan fingerprint density at radius 1 is 1.20 bits per heavy atom. The van der Waals surface area contributed by atoms with E-state index in [1.807, 2.05) is 0 Å². The van der Waals surface area contributed by atoms with Gasteiger partial charge in [-0.2, -0.15) is 0 Å². The minimum atomic E-state index is -3.16. The molecule has 0 atom stereocenters. The predicted octanol–water partition coefficient (Wildman–Crippen LogP) is 1.06. The molecule has 0 rings (SSSR count). The molecule has 0 saturated heterocycles. The van der Waals surface area contributed by atoms with E-state index in [-0.39, 0.29) is 16.3 Å². The average molecular weight is 243 g/mol. The summed E-state index contributed by atoms with van der Waals surface area (Å²) in [5.41, 5.74) is 0. The van der Waals surface area contributed by atoms with Crippen molar-refractivity contribution < 1.29 is 28.4 Å². The van der Waals surface area contributed by atoms with Crippen LogP contribution in [0.5, 0.6) is 0 Å². The molecule has 0 spiro atoms. The van der Waals surface area contributed by atoms with Crippen LogP contribution in [0.4, 0.5) is 0 Å². The summed E-state index contributed by atoms with van der Waals surface area (Å²) >= 11 is 0. The number of likely N-dealkylation sites (N-methyl/N-ethyl adjacent to an activating group) is 1. The first-order valence-corrected chi connectivity index (χ1v) is 6.26. The molecule has 0 amide bonds. The number of aliphatic hydroxyl groups is 1. The molecular formula is C8H22NO5P. The Morgan fingerprint density at radius 3 is 1.87 bits per heavy atom. The third-order valence-corrected chi connectivity index (χ3v) is 4.59. The second-order valence-electron chi connectivity index (χ2n) is 3.37. The summed E-state index contributed by atoms with van der Waals surface area (Å²) in [5, 5.41) is 8.85. The topological polar surface area (TPSA) is 85.8 Å². The van der Waals surface area contributed by atoms with Crippen LogP contribution in [0.3, 0.4) is 0 Å². The van der Waals surface area contributed by atoms with E-state index in [1.54, 1.807) is 27.9 Å². The lowest BCUT2D eigenvalue weighted by molar-refractivity contribution is -0.782. The van der Waals surface area contributed by atoms with E-state index in [0.29, 0.717) is 19.8 Å². The molecule has 0 saturated carbocycles. The molecular weight excluding hydrogens is 221 g/mol. The van der Waals surface area contributed by atoms with Gasteiger partial charge in [0.05, 0.1) is 33.9 Å². The van der Waals surface area contributed by atoms with Gasteiger partial charge in [-0.05, 0) is 13.8 Å². The quantitative estimate of drug-likeness (QED) is 0.676. The van der Waals surface area contributed by atoms with Crippen LogP contribution in [0, 0.1) is 0 Å². The van der Waals surface area contributed by atoms with Crippen molar-refractivity contribution in [2.45, 2.75) is 13.8 Å². The van der Waals surface area contributed by atoms with Crippen LogP contribution in [0.15, 0.2) is 0 Å². The van der Waals surface area contributed by atoms with Crippen LogP contribution >= 0.6 is 7.75 Å². The largest absolute Gasteiger partial charge is 0.870 e. The van der Waals surface area contributed by atoms with Gasteiger partial charge in [-0.1, -0.05) is 0 Å². The predicted molar refractivity (Wildman–Crippen MR) is 56.9 cm³/mol. The summed E-state index contributed by atoms with van der Waals surface area (Å²) in [6.45, 7) is 4.51. The molecule has 0 aliphatic heterocycles. The molecule has 0 fully saturated rings. The lowest BCUT2D eigenvalue weighted by atomic mass is 10.6. The number of hydrogen-bond acceptors (Lipinski definition) is 5. The van der Waals surface area contributed by atoms with Crippen LogP contribution in [0.25, 0.3) is 0 Å². The monoisotopic (exact) mass is 243 g/mol. The molecule has 0 aliphatic carbocycles. The minimum absolute atomic E-state index is 0. The maximum atomic E-state index is 12.2.